The monoisotopic (exact) mass is 996 g/mol. The van der Waals surface area contributed by atoms with Crippen LogP contribution in [0, 0.1) is 27.7 Å². The molecule has 0 amide bonds. The van der Waals surface area contributed by atoms with Crippen molar-refractivity contribution in [3.8, 4) is 34.5 Å². The maximum Gasteiger partial charge on any atom is 0.331 e. The summed E-state index contributed by atoms with van der Waals surface area (Å²) >= 11 is 15.1. The van der Waals surface area contributed by atoms with E-state index in [0.717, 1.165) is 16.7 Å². The molecule has 0 aliphatic carbocycles. The second-order valence-corrected chi connectivity index (χ2v) is 18.9. The van der Waals surface area contributed by atoms with E-state index >= 15 is 0 Å². The van der Waals surface area contributed by atoms with Crippen molar-refractivity contribution in [1.82, 2.24) is 0 Å². The Balaban J connectivity index is 1.04. The molecule has 8 rings (SSSR count). The quantitative estimate of drug-likeness (QED) is 0.0601. The minimum absolute atomic E-state index is 0.0679. The molecule has 0 atom stereocenters. The number of ether oxygens (including phenoxy) is 5. The van der Waals surface area contributed by atoms with Crippen LogP contribution in [0.2, 0.25) is 10.0 Å². The highest BCUT2D eigenvalue weighted by Gasteiger charge is 2.28. The van der Waals surface area contributed by atoms with Crippen LogP contribution in [-0.2, 0) is 25.7 Å². The predicted molar refractivity (Wildman–Crippen MR) is 273 cm³/mol. The Morgan fingerprint density at radius 2 is 1.07 bits per heavy atom. The van der Waals surface area contributed by atoms with E-state index in [4.69, 9.17) is 46.9 Å². The van der Waals surface area contributed by atoms with Crippen LogP contribution in [0.5, 0.6) is 34.5 Å². The molecule has 1 N–H and O–H groups in total. The molecule has 0 unspecified atom stereocenters. The first-order valence-electron chi connectivity index (χ1n) is 21.3. The number of methoxy groups -OCH3 is 2. The van der Waals surface area contributed by atoms with Gasteiger partial charge in [0.1, 0.15) is 39.4 Å². The number of thiophene rings is 2. The number of rotatable bonds is 15. The summed E-state index contributed by atoms with van der Waals surface area (Å²) in [6.07, 6.45) is 5.85. The minimum atomic E-state index is -0.628. The van der Waals surface area contributed by atoms with Crippen molar-refractivity contribution in [3.63, 3.8) is 0 Å². The molecule has 0 spiro atoms. The molecule has 0 fully saturated rings. The molecular weight excluding hydrogens is 956 g/mol. The second kappa shape index (κ2) is 20.6. The Morgan fingerprint density at radius 1 is 0.594 bits per heavy atom. The molecule has 0 aliphatic heterocycles. The lowest BCUT2D eigenvalue weighted by molar-refractivity contribution is -0.139. The highest BCUT2D eigenvalue weighted by atomic mass is 35.5. The zero-order valence-electron chi connectivity index (χ0n) is 38.0. The second-order valence-electron chi connectivity index (χ2n) is 16.0. The summed E-state index contributed by atoms with van der Waals surface area (Å²) in [5.41, 5.74) is 5.84. The van der Waals surface area contributed by atoms with Gasteiger partial charge in [-0.1, -0.05) is 47.5 Å². The summed E-state index contributed by atoms with van der Waals surface area (Å²) in [5.74, 6) is 0.484. The first-order valence-corrected chi connectivity index (χ1v) is 23.7. The van der Waals surface area contributed by atoms with E-state index in [1.54, 1.807) is 115 Å². The Bertz CT molecular complexity index is 3350. The average Bonchev–Trinajstić information content (AvgIpc) is 3.86. The van der Waals surface area contributed by atoms with Crippen LogP contribution in [0.3, 0.4) is 0 Å². The molecule has 10 nitrogen and oxygen atoms in total. The topological polar surface area (TPSA) is 135 Å². The van der Waals surface area contributed by atoms with Crippen LogP contribution in [0.1, 0.15) is 69.4 Å². The Hall–Kier alpha value is -7.22. The van der Waals surface area contributed by atoms with E-state index in [9.17, 15) is 24.3 Å². The molecule has 2 heterocycles. The van der Waals surface area contributed by atoms with Gasteiger partial charge < -0.3 is 28.8 Å². The molecule has 8 aromatic rings. The number of fused-ring (bicyclic) bond motifs is 2. The number of esters is 2. The summed E-state index contributed by atoms with van der Waals surface area (Å²) in [6.45, 7) is 7.14. The molecule has 0 saturated heterocycles. The molecule has 0 radical (unpaired) electrons. The number of hydrogen-bond acceptors (Lipinski definition) is 12. The van der Waals surface area contributed by atoms with Gasteiger partial charge in [0.25, 0.3) is 0 Å². The highest BCUT2D eigenvalue weighted by molar-refractivity contribution is 7.22. The van der Waals surface area contributed by atoms with Crippen molar-refractivity contribution in [2.24, 2.45) is 0 Å². The number of benzene rings is 6. The predicted octanol–water partition coefficient (Wildman–Crippen LogP) is 14.4. The van der Waals surface area contributed by atoms with Gasteiger partial charge in [0.2, 0.25) is 11.6 Å². The van der Waals surface area contributed by atoms with Gasteiger partial charge in [-0.2, -0.15) is 0 Å². The van der Waals surface area contributed by atoms with Crippen molar-refractivity contribution >= 4 is 102 Å². The lowest BCUT2D eigenvalue weighted by Gasteiger charge is -2.12. The zero-order valence-corrected chi connectivity index (χ0v) is 41.2. The molecule has 0 bridgehead atoms. The summed E-state index contributed by atoms with van der Waals surface area (Å²) < 4.78 is 30.5. The number of halogens is 2. The molecule has 2 aromatic heterocycles. The number of carbonyl (C=O) groups is 4. The molecule has 14 heteroatoms. The fourth-order valence-electron chi connectivity index (χ4n) is 7.95. The summed E-state index contributed by atoms with van der Waals surface area (Å²) in [5, 5.41) is 12.6. The zero-order chi connectivity index (χ0) is 49.1. The largest absolute Gasteiger partial charge is 0.508 e. The number of carbonyl (C=O) groups excluding carboxylic acids is 4. The fraction of sp³-hybridized carbons (Fsp3) is 0.127. The first-order chi connectivity index (χ1) is 33.1. The van der Waals surface area contributed by atoms with Crippen LogP contribution < -0.4 is 14.2 Å². The van der Waals surface area contributed by atoms with Crippen molar-refractivity contribution in [2.45, 2.75) is 34.3 Å². The van der Waals surface area contributed by atoms with Gasteiger partial charge in [0.15, 0.2) is 11.5 Å². The van der Waals surface area contributed by atoms with E-state index < -0.39 is 11.9 Å². The van der Waals surface area contributed by atoms with Crippen LogP contribution in [0.4, 0.5) is 0 Å². The van der Waals surface area contributed by atoms with Crippen molar-refractivity contribution < 1.29 is 48.0 Å². The van der Waals surface area contributed by atoms with Gasteiger partial charge >= 0.3 is 11.9 Å². The van der Waals surface area contributed by atoms with Gasteiger partial charge in [-0.15, -0.1) is 22.7 Å². The molecule has 6 aromatic carbocycles. The van der Waals surface area contributed by atoms with Crippen molar-refractivity contribution in [3.05, 3.63) is 185 Å². The van der Waals surface area contributed by atoms with E-state index in [2.05, 4.69) is 0 Å². The summed E-state index contributed by atoms with van der Waals surface area (Å²) in [7, 11) is 2.82. The van der Waals surface area contributed by atoms with Crippen LogP contribution in [0.25, 0.3) is 32.3 Å². The van der Waals surface area contributed by atoms with Gasteiger partial charge in [-0.25, -0.2) is 9.59 Å². The maximum absolute atomic E-state index is 14.5. The molecular formula is C55H42Cl2O10S2. The van der Waals surface area contributed by atoms with Crippen LogP contribution >= 0.6 is 45.9 Å². The minimum Gasteiger partial charge on any atom is -0.508 e. The highest BCUT2D eigenvalue weighted by Crippen LogP contribution is 2.47. The Morgan fingerprint density at radius 3 is 1.58 bits per heavy atom. The van der Waals surface area contributed by atoms with Crippen LogP contribution in [-0.4, -0.2) is 42.8 Å². The fourth-order valence-corrected chi connectivity index (χ4v) is 10.9. The molecule has 69 heavy (non-hydrogen) atoms. The average molecular weight is 998 g/mol. The Labute approximate surface area is 415 Å². The van der Waals surface area contributed by atoms with Gasteiger partial charge in [-0.05, 0) is 152 Å². The number of hydrogen-bond donors (Lipinski definition) is 1. The molecule has 0 saturated carbocycles. The number of aromatic hydroxyl groups is 1. The third-order valence-electron chi connectivity index (χ3n) is 11.2. The number of phenolic OH excluding ortho intramolecular Hbond substituents is 1. The van der Waals surface area contributed by atoms with Gasteiger partial charge in [0, 0.05) is 59.1 Å². The molecule has 348 valence electrons. The smallest absolute Gasteiger partial charge is 0.331 e. The van der Waals surface area contributed by atoms with E-state index in [-0.39, 0.29) is 23.9 Å². The SMILES string of the molecule is COC(=O)/C=C/c1ccc(Oc2c(C(=O)c3c(C)cc(Cl)cc3C)sc3c(COC(=O)/C=C/c4ccc(Oc5c(C(=O)c6c(C)cc(Cl)cc6C)sc6cc(O)ccc56)cc4)c(OC)ccc23)cc1. The number of phenols is 1. The van der Waals surface area contributed by atoms with Crippen molar-refractivity contribution in [2.75, 3.05) is 14.2 Å². The summed E-state index contributed by atoms with van der Waals surface area (Å²) in [4.78, 5) is 54.3. The lowest BCUT2D eigenvalue weighted by Crippen LogP contribution is -2.06. The van der Waals surface area contributed by atoms with Crippen molar-refractivity contribution in [1.29, 1.82) is 0 Å². The summed E-state index contributed by atoms with van der Waals surface area (Å²) in [6, 6.07) is 29.4. The van der Waals surface area contributed by atoms with E-state index in [1.165, 1.54) is 49.0 Å². The Kier molecular flexibility index (Phi) is 14.4. The molecule has 0 aliphatic rings. The normalized spacial score (nSPS) is 11.4. The number of ketones is 2. The maximum atomic E-state index is 14.5. The lowest BCUT2D eigenvalue weighted by atomic mass is 9.97. The number of aryl methyl sites for hydroxylation is 4. The standard InChI is InChI=1S/C55H42Cl2O10S2/c1-29-23-35(56)24-30(2)47(29)49(61)54-51(40-18-13-37(58)27-44(40)68-54)66-38-14-9-34(10-15-38)12-22-46(60)65-28-42-43(63-5)20-19-41-52(67-39-16-7-33(8-17-39)11-21-45(59)64-6)55(69-53(41)42)50(62)48-31(3)25-36(57)26-32(48)4/h7-27,58H,28H2,1-6H3/b21-11+,22-12+. The van der Waals surface area contributed by atoms with Crippen LogP contribution in [0.15, 0.2) is 115 Å². The first kappa shape index (κ1) is 48.2. The van der Waals surface area contributed by atoms with Gasteiger partial charge in [-0.3, -0.25) is 9.59 Å². The van der Waals surface area contributed by atoms with E-state index in [1.807, 2.05) is 27.7 Å². The third kappa shape index (κ3) is 10.4. The van der Waals surface area contributed by atoms with Gasteiger partial charge in [0.05, 0.1) is 14.2 Å². The van der Waals surface area contributed by atoms with E-state index in [0.29, 0.717) is 102 Å². The third-order valence-corrected chi connectivity index (χ3v) is 14.0.